The number of hydrogen-bond acceptors (Lipinski definition) is 0. The molecule has 0 saturated heterocycles. The zero-order valence-corrected chi connectivity index (χ0v) is 12.0. The number of benzene rings is 3. The van der Waals surface area contributed by atoms with Crippen molar-refractivity contribution in [1.29, 1.82) is 0 Å². The third kappa shape index (κ3) is 2.38. The van der Waals surface area contributed by atoms with Crippen molar-refractivity contribution < 1.29 is 0 Å². The first kappa shape index (κ1) is 12.4. The molecule has 3 aromatic rings. The highest BCUT2D eigenvalue weighted by molar-refractivity contribution is 5.45. The molecule has 0 heteroatoms. The van der Waals surface area contributed by atoms with Crippen molar-refractivity contribution >= 4 is 0 Å². The van der Waals surface area contributed by atoms with Crippen molar-refractivity contribution in [2.24, 2.45) is 0 Å². The molecule has 0 aromatic heterocycles. The second-order valence-corrected chi connectivity index (χ2v) is 5.84. The minimum absolute atomic E-state index is 1.04. The third-order valence-corrected chi connectivity index (χ3v) is 4.50. The molecule has 21 heavy (non-hydrogen) atoms. The Hall–Kier alpha value is -2.34. The highest BCUT2D eigenvalue weighted by atomic mass is 14.2. The van der Waals surface area contributed by atoms with E-state index in [9.17, 15) is 0 Å². The Bertz CT molecular complexity index is 612. The maximum atomic E-state index is 2.28. The first-order valence-corrected chi connectivity index (χ1v) is 7.60. The first-order valence-electron chi connectivity index (χ1n) is 7.60. The summed E-state index contributed by atoms with van der Waals surface area (Å²) in [6.45, 7) is 0. The van der Waals surface area contributed by atoms with Gasteiger partial charge in [0.15, 0.2) is 0 Å². The lowest BCUT2D eigenvalue weighted by Gasteiger charge is -2.09. The Morgan fingerprint density at radius 2 is 0.524 bits per heavy atom. The topological polar surface area (TPSA) is 0 Å². The van der Waals surface area contributed by atoms with Gasteiger partial charge in [-0.2, -0.15) is 0 Å². The van der Waals surface area contributed by atoms with Crippen LogP contribution in [0.4, 0.5) is 0 Å². The SMILES string of the molecule is c1ccc2c(c1)Cc1ccccc1Cc1ccccc1C2. The molecule has 0 aliphatic heterocycles. The summed E-state index contributed by atoms with van der Waals surface area (Å²) in [6, 6.07) is 26.6. The molecule has 0 N–H and O–H groups in total. The predicted molar refractivity (Wildman–Crippen MR) is 87.7 cm³/mol. The summed E-state index contributed by atoms with van der Waals surface area (Å²) in [6.07, 6.45) is 3.13. The van der Waals surface area contributed by atoms with Crippen molar-refractivity contribution in [2.75, 3.05) is 0 Å². The van der Waals surface area contributed by atoms with Gasteiger partial charge in [0, 0.05) is 0 Å². The van der Waals surface area contributed by atoms with Crippen LogP contribution in [0.5, 0.6) is 0 Å². The Morgan fingerprint density at radius 1 is 0.333 bits per heavy atom. The summed E-state index contributed by atoms with van der Waals surface area (Å²) in [4.78, 5) is 0. The van der Waals surface area contributed by atoms with Gasteiger partial charge >= 0.3 is 0 Å². The molecule has 0 atom stereocenters. The van der Waals surface area contributed by atoms with E-state index in [0.29, 0.717) is 0 Å². The fourth-order valence-electron chi connectivity index (χ4n) is 3.32. The molecule has 3 aromatic carbocycles. The fourth-order valence-corrected chi connectivity index (χ4v) is 3.32. The second kappa shape index (κ2) is 5.21. The molecule has 0 fully saturated rings. The van der Waals surface area contributed by atoms with E-state index in [-0.39, 0.29) is 0 Å². The summed E-state index contributed by atoms with van der Waals surface area (Å²) in [5, 5.41) is 0. The van der Waals surface area contributed by atoms with E-state index in [2.05, 4.69) is 72.8 Å². The molecule has 102 valence electrons. The highest BCUT2D eigenvalue weighted by Gasteiger charge is 2.13. The van der Waals surface area contributed by atoms with Gasteiger partial charge in [-0.3, -0.25) is 0 Å². The summed E-state index contributed by atoms with van der Waals surface area (Å²) >= 11 is 0. The van der Waals surface area contributed by atoms with Crippen LogP contribution >= 0.6 is 0 Å². The quantitative estimate of drug-likeness (QED) is 0.431. The summed E-state index contributed by atoms with van der Waals surface area (Å²) in [5.74, 6) is 0. The van der Waals surface area contributed by atoms with Gasteiger partial charge in [0.2, 0.25) is 0 Å². The zero-order valence-electron chi connectivity index (χ0n) is 12.0. The van der Waals surface area contributed by atoms with Crippen molar-refractivity contribution in [3.63, 3.8) is 0 Å². The Kier molecular flexibility index (Phi) is 3.08. The van der Waals surface area contributed by atoms with Crippen molar-refractivity contribution in [2.45, 2.75) is 19.3 Å². The van der Waals surface area contributed by atoms with Gasteiger partial charge < -0.3 is 0 Å². The van der Waals surface area contributed by atoms with Crippen LogP contribution in [0.1, 0.15) is 33.4 Å². The van der Waals surface area contributed by atoms with Gasteiger partial charge in [0.25, 0.3) is 0 Å². The molecule has 4 rings (SSSR count). The Morgan fingerprint density at radius 3 is 0.714 bits per heavy atom. The van der Waals surface area contributed by atoms with Crippen LogP contribution in [0.25, 0.3) is 0 Å². The van der Waals surface area contributed by atoms with Crippen LogP contribution in [0.3, 0.4) is 0 Å². The molecular weight excluding hydrogens is 252 g/mol. The molecule has 0 heterocycles. The average molecular weight is 270 g/mol. The van der Waals surface area contributed by atoms with Crippen LogP contribution in [0.2, 0.25) is 0 Å². The van der Waals surface area contributed by atoms with E-state index in [0.717, 1.165) is 19.3 Å². The van der Waals surface area contributed by atoms with Crippen LogP contribution < -0.4 is 0 Å². The molecule has 0 amide bonds. The number of rotatable bonds is 0. The molecule has 1 aliphatic rings. The summed E-state index contributed by atoms with van der Waals surface area (Å²) in [5.41, 5.74) is 8.76. The third-order valence-electron chi connectivity index (χ3n) is 4.50. The fraction of sp³-hybridized carbons (Fsp3) is 0.143. The Labute approximate surface area is 126 Å². The molecule has 0 unspecified atom stereocenters. The molecule has 1 aliphatic carbocycles. The average Bonchev–Trinajstić information content (AvgIpc) is 2.59. The van der Waals surface area contributed by atoms with E-state index in [1.54, 1.807) is 0 Å². The molecule has 0 nitrogen and oxygen atoms in total. The van der Waals surface area contributed by atoms with Crippen LogP contribution in [0, 0.1) is 0 Å². The second-order valence-electron chi connectivity index (χ2n) is 5.84. The normalized spacial score (nSPS) is 13.1. The predicted octanol–water partition coefficient (Wildman–Crippen LogP) is 4.77. The smallest absolute Gasteiger partial charge is 0.00201 e. The van der Waals surface area contributed by atoms with Crippen molar-refractivity contribution in [1.82, 2.24) is 0 Å². The van der Waals surface area contributed by atoms with E-state index >= 15 is 0 Å². The monoisotopic (exact) mass is 270 g/mol. The van der Waals surface area contributed by atoms with E-state index in [1.807, 2.05) is 0 Å². The largest absolute Gasteiger partial charge is 0.0620 e. The highest BCUT2D eigenvalue weighted by Crippen LogP contribution is 2.26. The van der Waals surface area contributed by atoms with Gasteiger partial charge in [-0.25, -0.2) is 0 Å². The van der Waals surface area contributed by atoms with E-state index in [1.165, 1.54) is 33.4 Å². The molecular formula is C21H18. The van der Waals surface area contributed by atoms with Crippen molar-refractivity contribution in [3.8, 4) is 0 Å². The molecule has 0 bridgehead atoms. The first-order chi connectivity index (χ1) is 10.4. The Balaban J connectivity index is 1.94. The molecule has 0 saturated carbocycles. The number of fused-ring (bicyclic) bond motifs is 3. The molecule has 0 spiro atoms. The maximum absolute atomic E-state index is 2.28. The lowest BCUT2D eigenvalue weighted by atomic mass is 9.95. The minimum atomic E-state index is 1.04. The summed E-state index contributed by atoms with van der Waals surface area (Å²) < 4.78 is 0. The zero-order chi connectivity index (χ0) is 14.1. The lowest BCUT2D eigenvalue weighted by molar-refractivity contribution is 1.09. The minimum Gasteiger partial charge on any atom is -0.0620 e. The number of hydrogen-bond donors (Lipinski definition) is 0. The van der Waals surface area contributed by atoms with Gasteiger partial charge in [-0.1, -0.05) is 72.8 Å². The van der Waals surface area contributed by atoms with Crippen molar-refractivity contribution in [3.05, 3.63) is 106 Å². The van der Waals surface area contributed by atoms with E-state index in [4.69, 9.17) is 0 Å². The molecule has 0 radical (unpaired) electrons. The van der Waals surface area contributed by atoms with Gasteiger partial charge in [0.05, 0.1) is 0 Å². The van der Waals surface area contributed by atoms with Crippen LogP contribution in [-0.2, 0) is 19.3 Å². The standard InChI is InChI=1S/C21H18/c1-2-8-17-14-19-10-5-6-12-21(19)15-20-11-4-3-9-18(20)13-16(17)7-1/h1-12H,13-15H2. The van der Waals surface area contributed by atoms with Gasteiger partial charge in [-0.05, 0) is 52.6 Å². The van der Waals surface area contributed by atoms with Crippen LogP contribution in [0.15, 0.2) is 72.8 Å². The van der Waals surface area contributed by atoms with E-state index < -0.39 is 0 Å². The maximum Gasteiger partial charge on any atom is -0.00201 e. The van der Waals surface area contributed by atoms with Gasteiger partial charge in [-0.15, -0.1) is 0 Å². The van der Waals surface area contributed by atoms with Gasteiger partial charge in [0.1, 0.15) is 0 Å². The summed E-state index contributed by atoms with van der Waals surface area (Å²) in [7, 11) is 0. The van der Waals surface area contributed by atoms with Crippen LogP contribution in [-0.4, -0.2) is 0 Å². The lowest BCUT2D eigenvalue weighted by Crippen LogP contribution is -1.96.